The van der Waals surface area contributed by atoms with E-state index in [1.165, 1.54) is 12.0 Å². The molecule has 4 heteroatoms. The molecule has 2 atom stereocenters. The summed E-state index contributed by atoms with van der Waals surface area (Å²) in [6, 6.07) is 10.3. The third-order valence-electron chi connectivity index (χ3n) is 4.64. The SMILES string of the molecule is CC(C)(NC(=O)C1=C2C=C3CC3C2NN1)c1ccccc1. The molecule has 0 saturated heterocycles. The summed E-state index contributed by atoms with van der Waals surface area (Å²) in [6.07, 6.45) is 3.35. The van der Waals surface area contributed by atoms with E-state index < -0.39 is 5.54 Å². The molecule has 1 aromatic carbocycles. The maximum Gasteiger partial charge on any atom is 0.269 e. The van der Waals surface area contributed by atoms with Crippen molar-refractivity contribution in [2.45, 2.75) is 31.8 Å². The minimum atomic E-state index is -0.402. The molecule has 4 rings (SSSR count). The number of amides is 1. The summed E-state index contributed by atoms with van der Waals surface area (Å²) in [4.78, 5) is 12.6. The Hall–Kier alpha value is -2.07. The van der Waals surface area contributed by atoms with E-state index in [1.54, 1.807) is 0 Å². The maximum absolute atomic E-state index is 12.6. The molecule has 108 valence electrons. The van der Waals surface area contributed by atoms with Crippen LogP contribution in [0.2, 0.25) is 0 Å². The number of hydrogen-bond acceptors (Lipinski definition) is 3. The molecule has 21 heavy (non-hydrogen) atoms. The Labute approximate surface area is 124 Å². The number of carbonyl (C=O) groups excluding carboxylic acids is 1. The first-order valence-corrected chi connectivity index (χ1v) is 7.40. The first kappa shape index (κ1) is 12.7. The highest BCUT2D eigenvalue weighted by molar-refractivity contribution is 5.95. The van der Waals surface area contributed by atoms with Gasteiger partial charge in [0.1, 0.15) is 5.70 Å². The molecule has 1 aliphatic heterocycles. The van der Waals surface area contributed by atoms with Gasteiger partial charge in [-0.3, -0.25) is 4.79 Å². The van der Waals surface area contributed by atoms with Crippen LogP contribution in [-0.2, 0) is 10.3 Å². The van der Waals surface area contributed by atoms with E-state index >= 15 is 0 Å². The molecule has 1 aromatic rings. The monoisotopic (exact) mass is 281 g/mol. The average Bonchev–Trinajstić information content (AvgIpc) is 2.94. The van der Waals surface area contributed by atoms with Gasteiger partial charge in [0.15, 0.2) is 0 Å². The summed E-state index contributed by atoms with van der Waals surface area (Å²) in [5.74, 6) is 0.562. The number of fused-ring (bicyclic) bond motifs is 3. The second-order valence-corrected chi connectivity index (χ2v) is 6.55. The summed E-state index contributed by atoms with van der Waals surface area (Å²) in [6.45, 7) is 4.05. The zero-order valence-corrected chi connectivity index (χ0v) is 12.2. The second kappa shape index (κ2) is 4.21. The van der Waals surface area contributed by atoms with Gasteiger partial charge in [-0.2, -0.15) is 0 Å². The molecule has 0 bridgehead atoms. The molecule has 3 N–H and O–H groups in total. The van der Waals surface area contributed by atoms with Crippen molar-refractivity contribution in [2.75, 3.05) is 0 Å². The van der Waals surface area contributed by atoms with Gasteiger partial charge >= 0.3 is 0 Å². The Morgan fingerprint density at radius 1 is 1.29 bits per heavy atom. The van der Waals surface area contributed by atoms with Gasteiger partial charge in [0.2, 0.25) is 0 Å². The standard InChI is InChI=1S/C17H19N3O/c1-17(2,11-6-4-3-5-7-11)18-16(21)15-13-9-10-8-12(10)14(13)19-20-15/h3-7,9,12,14,19-20H,8H2,1-2H3,(H,18,21). The molecule has 3 aliphatic rings. The fraction of sp³-hybridized carbons (Fsp3) is 0.353. The zero-order valence-electron chi connectivity index (χ0n) is 12.2. The van der Waals surface area contributed by atoms with Crippen LogP contribution in [0.4, 0.5) is 0 Å². The van der Waals surface area contributed by atoms with Gasteiger partial charge in [-0.25, -0.2) is 5.43 Å². The highest BCUT2D eigenvalue weighted by Crippen LogP contribution is 2.50. The highest BCUT2D eigenvalue weighted by atomic mass is 16.2. The normalized spacial score (nSPS) is 25.9. The third kappa shape index (κ3) is 1.98. The number of nitrogens with one attached hydrogen (secondary N) is 3. The molecule has 4 nitrogen and oxygen atoms in total. The fourth-order valence-electron chi connectivity index (χ4n) is 3.29. The summed E-state index contributed by atoms with van der Waals surface area (Å²) in [5.41, 5.74) is 10.2. The van der Waals surface area contributed by atoms with Crippen molar-refractivity contribution in [3.63, 3.8) is 0 Å². The van der Waals surface area contributed by atoms with E-state index in [9.17, 15) is 4.79 Å². The van der Waals surface area contributed by atoms with Crippen molar-refractivity contribution in [3.05, 3.63) is 58.8 Å². The molecular formula is C17H19N3O. The van der Waals surface area contributed by atoms with Crippen molar-refractivity contribution in [1.82, 2.24) is 16.2 Å². The first-order chi connectivity index (χ1) is 10.1. The van der Waals surface area contributed by atoms with E-state index in [2.05, 4.69) is 22.2 Å². The lowest BCUT2D eigenvalue weighted by molar-refractivity contribution is -0.119. The predicted octanol–water partition coefficient (Wildman–Crippen LogP) is 1.73. The second-order valence-electron chi connectivity index (χ2n) is 6.55. The van der Waals surface area contributed by atoms with Crippen LogP contribution < -0.4 is 16.2 Å². The van der Waals surface area contributed by atoms with Crippen LogP contribution in [0.25, 0.3) is 0 Å². The number of rotatable bonds is 3. The van der Waals surface area contributed by atoms with E-state index in [4.69, 9.17) is 0 Å². The number of hydrogen-bond donors (Lipinski definition) is 3. The van der Waals surface area contributed by atoms with Crippen LogP contribution >= 0.6 is 0 Å². The molecular weight excluding hydrogens is 262 g/mol. The first-order valence-electron chi connectivity index (χ1n) is 7.40. The van der Waals surface area contributed by atoms with Crippen LogP contribution in [0.3, 0.4) is 0 Å². The Morgan fingerprint density at radius 3 is 2.81 bits per heavy atom. The summed E-state index contributed by atoms with van der Waals surface area (Å²) < 4.78 is 0. The quantitative estimate of drug-likeness (QED) is 0.791. The molecule has 1 heterocycles. The lowest BCUT2D eigenvalue weighted by Crippen LogP contribution is -2.44. The van der Waals surface area contributed by atoms with Crippen molar-refractivity contribution in [1.29, 1.82) is 0 Å². The topological polar surface area (TPSA) is 53.2 Å². The van der Waals surface area contributed by atoms with E-state index in [-0.39, 0.29) is 5.91 Å². The Bertz CT molecular complexity index is 673. The summed E-state index contributed by atoms with van der Waals surface area (Å²) in [5, 5.41) is 3.13. The molecule has 2 aliphatic carbocycles. The molecule has 1 saturated carbocycles. The number of carbonyl (C=O) groups is 1. The maximum atomic E-state index is 12.6. The minimum Gasteiger partial charge on any atom is -0.342 e. The highest BCUT2D eigenvalue weighted by Gasteiger charge is 2.48. The van der Waals surface area contributed by atoms with Crippen LogP contribution in [0.1, 0.15) is 25.8 Å². The van der Waals surface area contributed by atoms with Crippen LogP contribution in [-0.4, -0.2) is 11.9 Å². The molecule has 0 aromatic heterocycles. The number of benzene rings is 1. The smallest absolute Gasteiger partial charge is 0.269 e. The molecule has 1 amide bonds. The Kier molecular flexibility index (Phi) is 2.54. The van der Waals surface area contributed by atoms with Crippen molar-refractivity contribution in [2.24, 2.45) is 5.92 Å². The summed E-state index contributed by atoms with van der Waals surface area (Å²) in [7, 11) is 0. The molecule has 0 radical (unpaired) electrons. The van der Waals surface area contributed by atoms with Crippen LogP contribution in [0.15, 0.2) is 53.3 Å². The van der Waals surface area contributed by atoms with E-state index in [0.717, 1.165) is 11.1 Å². The lowest BCUT2D eigenvalue weighted by atomic mass is 9.94. The predicted molar refractivity (Wildman–Crippen MR) is 80.9 cm³/mol. The zero-order chi connectivity index (χ0) is 14.6. The van der Waals surface area contributed by atoms with E-state index in [0.29, 0.717) is 17.7 Å². The third-order valence-corrected chi connectivity index (χ3v) is 4.64. The van der Waals surface area contributed by atoms with E-state index in [1.807, 2.05) is 44.2 Å². The largest absolute Gasteiger partial charge is 0.342 e. The van der Waals surface area contributed by atoms with Gasteiger partial charge in [-0.15, -0.1) is 0 Å². The Morgan fingerprint density at radius 2 is 2.05 bits per heavy atom. The van der Waals surface area contributed by atoms with Gasteiger partial charge < -0.3 is 10.7 Å². The van der Waals surface area contributed by atoms with Crippen LogP contribution in [0.5, 0.6) is 0 Å². The lowest BCUT2D eigenvalue weighted by Gasteiger charge is -2.27. The molecule has 2 unspecified atom stereocenters. The van der Waals surface area contributed by atoms with Gasteiger partial charge in [-0.1, -0.05) is 42.0 Å². The van der Waals surface area contributed by atoms with Crippen molar-refractivity contribution in [3.8, 4) is 0 Å². The van der Waals surface area contributed by atoms with Gasteiger partial charge in [0, 0.05) is 11.5 Å². The van der Waals surface area contributed by atoms with Gasteiger partial charge in [0.05, 0.1) is 11.6 Å². The molecule has 0 spiro atoms. The Balaban J connectivity index is 1.57. The minimum absolute atomic E-state index is 0.0491. The van der Waals surface area contributed by atoms with Gasteiger partial charge in [0.25, 0.3) is 5.91 Å². The fourth-order valence-corrected chi connectivity index (χ4v) is 3.29. The summed E-state index contributed by atoms with van der Waals surface area (Å²) >= 11 is 0. The van der Waals surface area contributed by atoms with Crippen molar-refractivity contribution >= 4 is 5.91 Å². The van der Waals surface area contributed by atoms with Crippen LogP contribution in [0, 0.1) is 5.92 Å². The average molecular weight is 281 g/mol. The van der Waals surface area contributed by atoms with Crippen molar-refractivity contribution < 1.29 is 4.79 Å². The molecule has 1 fully saturated rings. The van der Waals surface area contributed by atoms with Gasteiger partial charge in [-0.05, 0) is 25.8 Å². The number of hydrazine groups is 1.